The summed E-state index contributed by atoms with van der Waals surface area (Å²) in [4.78, 5) is 16.1. The normalized spacial score (nSPS) is 22.0. The maximum Gasteiger partial charge on any atom is 0.495 e. The van der Waals surface area contributed by atoms with Crippen LogP contribution in [0.3, 0.4) is 0 Å². The topological polar surface area (TPSA) is 60.5 Å². The lowest BCUT2D eigenvalue weighted by Gasteiger charge is -2.32. The number of anilines is 1. The number of carbonyl (C=O) groups excluding carboxylic acids is 1. The summed E-state index contributed by atoms with van der Waals surface area (Å²) in [7, 11) is -0.970. The Hall–Kier alpha value is -1.40. The SMILES string of the molecule is [2H]c1nc(NC(=O)C(C)(C)C)c([2H])c(B2OC(C)(C)C(C)(C)O2)c1[2H]. The second kappa shape index (κ2) is 5.35. The first-order valence-electron chi connectivity index (χ1n) is 8.82. The molecule has 1 saturated heterocycles. The number of carbonyl (C=O) groups is 1. The summed E-state index contributed by atoms with van der Waals surface area (Å²) in [6.45, 7) is 12.7. The minimum absolute atomic E-state index is 0.0642. The second-order valence-corrected chi connectivity index (χ2v) is 7.53. The molecular weight excluding hydrogens is 279 g/mol. The van der Waals surface area contributed by atoms with E-state index >= 15 is 0 Å². The van der Waals surface area contributed by atoms with Crippen LogP contribution in [0, 0.1) is 5.41 Å². The molecule has 0 aliphatic carbocycles. The zero-order valence-electron chi connectivity index (χ0n) is 17.2. The van der Waals surface area contributed by atoms with E-state index in [1.54, 1.807) is 20.8 Å². The Bertz CT molecular complexity index is 702. The van der Waals surface area contributed by atoms with Gasteiger partial charge in [0, 0.05) is 11.6 Å². The van der Waals surface area contributed by atoms with Crippen molar-refractivity contribution in [2.75, 3.05) is 5.32 Å². The van der Waals surface area contributed by atoms with Gasteiger partial charge in [-0.1, -0.05) is 20.8 Å². The molecule has 0 spiro atoms. The Morgan fingerprint density at radius 3 is 2.32 bits per heavy atom. The van der Waals surface area contributed by atoms with Crippen LogP contribution in [-0.2, 0) is 14.1 Å². The third kappa shape index (κ3) is 3.33. The van der Waals surface area contributed by atoms with E-state index in [2.05, 4.69) is 10.3 Å². The van der Waals surface area contributed by atoms with Crippen LogP contribution in [-0.4, -0.2) is 29.2 Å². The standard InChI is InChI=1S/C16H25BN2O3/c1-14(2,3)13(20)19-12-10-11(8-9-18-12)17-21-15(4,5)16(6,7)22-17/h8-10H,1-7H3,(H,18,19,20)/i8D,9D,10D. The number of pyridine rings is 1. The number of rotatable bonds is 2. The Kier molecular flexibility index (Phi) is 3.18. The number of aromatic nitrogens is 1. The summed E-state index contributed by atoms with van der Waals surface area (Å²) in [5.41, 5.74) is -1.86. The summed E-state index contributed by atoms with van der Waals surface area (Å²) in [6, 6.07) is -0.408. The fourth-order valence-electron chi connectivity index (χ4n) is 1.76. The van der Waals surface area contributed by atoms with Gasteiger partial charge >= 0.3 is 7.12 Å². The average Bonchev–Trinajstić information content (AvgIpc) is 2.63. The van der Waals surface area contributed by atoms with Gasteiger partial charge in [-0.3, -0.25) is 4.79 Å². The Morgan fingerprint density at radius 2 is 1.82 bits per heavy atom. The lowest BCUT2D eigenvalue weighted by molar-refractivity contribution is -0.123. The molecule has 1 aliphatic heterocycles. The van der Waals surface area contributed by atoms with Gasteiger partial charge in [0.2, 0.25) is 5.91 Å². The van der Waals surface area contributed by atoms with Crippen molar-refractivity contribution in [3.05, 3.63) is 18.3 Å². The van der Waals surface area contributed by atoms with Crippen molar-refractivity contribution < 1.29 is 18.2 Å². The zero-order valence-corrected chi connectivity index (χ0v) is 14.2. The van der Waals surface area contributed by atoms with E-state index < -0.39 is 23.7 Å². The smallest absolute Gasteiger partial charge is 0.399 e. The van der Waals surface area contributed by atoms with Gasteiger partial charge in [0.05, 0.1) is 15.3 Å². The molecule has 22 heavy (non-hydrogen) atoms. The molecule has 1 aliphatic rings. The monoisotopic (exact) mass is 307 g/mol. The molecule has 0 atom stereocenters. The van der Waals surface area contributed by atoms with Gasteiger partial charge in [-0.25, -0.2) is 4.98 Å². The molecule has 1 aromatic rings. The van der Waals surface area contributed by atoms with Crippen molar-refractivity contribution in [1.29, 1.82) is 0 Å². The quantitative estimate of drug-likeness (QED) is 0.852. The minimum atomic E-state index is -0.970. The van der Waals surface area contributed by atoms with Gasteiger partial charge < -0.3 is 14.6 Å². The van der Waals surface area contributed by atoms with Gasteiger partial charge in [0.25, 0.3) is 0 Å². The molecule has 0 bridgehead atoms. The summed E-state index contributed by atoms with van der Waals surface area (Å²) in [6.07, 6.45) is -0.343. The van der Waals surface area contributed by atoms with Crippen LogP contribution in [0.1, 0.15) is 52.6 Å². The van der Waals surface area contributed by atoms with Crippen LogP contribution in [0.5, 0.6) is 0 Å². The summed E-state index contributed by atoms with van der Waals surface area (Å²) >= 11 is 0. The number of hydrogen-bond acceptors (Lipinski definition) is 4. The van der Waals surface area contributed by atoms with Gasteiger partial charge in [0.15, 0.2) is 0 Å². The molecule has 120 valence electrons. The van der Waals surface area contributed by atoms with Crippen molar-refractivity contribution in [2.45, 2.75) is 59.7 Å². The van der Waals surface area contributed by atoms with E-state index in [1.807, 2.05) is 27.7 Å². The largest absolute Gasteiger partial charge is 0.495 e. The maximum atomic E-state index is 12.2. The highest BCUT2D eigenvalue weighted by Crippen LogP contribution is 2.36. The van der Waals surface area contributed by atoms with Gasteiger partial charge in [-0.2, -0.15) is 0 Å². The molecule has 5 nitrogen and oxygen atoms in total. The van der Waals surface area contributed by atoms with Crippen LogP contribution in [0.2, 0.25) is 0 Å². The van der Waals surface area contributed by atoms with E-state index in [9.17, 15) is 4.79 Å². The summed E-state index contributed by atoms with van der Waals surface area (Å²) in [5, 5.41) is 2.57. The van der Waals surface area contributed by atoms with Crippen LogP contribution >= 0.6 is 0 Å². The highest BCUT2D eigenvalue weighted by molar-refractivity contribution is 6.62. The highest BCUT2D eigenvalue weighted by Gasteiger charge is 2.51. The third-order valence-corrected chi connectivity index (χ3v) is 4.01. The summed E-state index contributed by atoms with van der Waals surface area (Å²) in [5.74, 6) is -0.392. The van der Waals surface area contributed by atoms with Gasteiger partial charge in [-0.05, 0) is 45.2 Å². The molecule has 6 heteroatoms. The van der Waals surface area contributed by atoms with Crippen molar-refractivity contribution in [3.8, 4) is 0 Å². The predicted molar refractivity (Wildman–Crippen MR) is 88.0 cm³/mol. The first-order valence-corrected chi connectivity index (χ1v) is 7.32. The zero-order chi connectivity index (χ0) is 19.4. The molecular formula is C16H25BN2O3. The molecule has 0 radical (unpaired) electrons. The fourth-order valence-corrected chi connectivity index (χ4v) is 1.76. The van der Waals surface area contributed by atoms with Crippen LogP contribution < -0.4 is 10.8 Å². The lowest BCUT2D eigenvalue weighted by atomic mass is 9.79. The second-order valence-electron chi connectivity index (χ2n) is 7.53. The van der Waals surface area contributed by atoms with E-state index in [0.717, 1.165) is 0 Å². The van der Waals surface area contributed by atoms with E-state index in [0.29, 0.717) is 0 Å². The van der Waals surface area contributed by atoms with Crippen molar-refractivity contribution >= 4 is 24.3 Å². The average molecular weight is 307 g/mol. The van der Waals surface area contributed by atoms with E-state index in [4.69, 9.17) is 13.4 Å². The minimum Gasteiger partial charge on any atom is -0.399 e. The summed E-state index contributed by atoms with van der Waals surface area (Å²) < 4.78 is 36.2. The van der Waals surface area contributed by atoms with Crippen LogP contribution in [0.4, 0.5) is 5.82 Å². The van der Waals surface area contributed by atoms with Gasteiger partial charge in [0.1, 0.15) is 5.82 Å². The molecule has 2 rings (SSSR count). The predicted octanol–water partition coefficient (Wildman–Crippen LogP) is 2.37. The number of nitrogens with one attached hydrogen (secondary N) is 1. The Morgan fingerprint density at radius 1 is 1.27 bits per heavy atom. The number of hydrogen-bond donors (Lipinski definition) is 1. The number of amides is 1. The van der Waals surface area contributed by atoms with Crippen molar-refractivity contribution in [3.63, 3.8) is 0 Å². The highest BCUT2D eigenvalue weighted by atomic mass is 16.7. The molecule has 2 heterocycles. The van der Waals surface area contributed by atoms with Crippen LogP contribution in [0.25, 0.3) is 0 Å². The molecule has 1 fully saturated rings. The Balaban J connectivity index is 2.48. The van der Waals surface area contributed by atoms with Crippen LogP contribution in [0.15, 0.2) is 18.3 Å². The van der Waals surface area contributed by atoms with Crippen molar-refractivity contribution in [1.82, 2.24) is 4.98 Å². The first kappa shape index (κ1) is 13.1. The van der Waals surface area contributed by atoms with Crippen molar-refractivity contribution in [2.24, 2.45) is 5.41 Å². The van der Waals surface area contributed by atoms with E-state index in [1.165, 1.54) is 0 Å². The van der Waals surface area contributed by atoms with Gasteiger partial charge in [-0.15, -0.1) is 0 Å². The molecule has 1 N–H and O–H groups in total. The fraction of sp³-hybridized carbons (Fsp3) is 0.625. The number of nitrogens with zero attached hydrogens (tertiary/aromatic N) is 1. The molecule has 1 amide bonds. The van der Waals surface area contributed by atoms with E-state index in [-0.39, 0.29) is 35.4 Å². The maximum absolute atomic E-state index is 12.2. The third-order valence-electron chi connectivity index (χ3n) is 4.01. The molecule has 0 aromatic carbocycles. The Labute approximate surface area is 137 Å². The molecule has 0 saturated carbocycles. The molecule has 1 aromatic heterocycles. The molecule has 0 unspecified atom stereocenters. The lowest BCUT2D eigenvalue weighted by Crippen LogP contribution is -2.41. The first-order chi connectivity index (χ1) is 11.2.